The molecular formula is C48H92N10O8. The minimum absolute atomic E-state index is 0. The van der Waals surface area contributed by atoms with E-state index in [4.69, 9.17) is 0 Å². The molecule has 382 valence electrons. The number of likely N-dealkylation sites (N-methyl/N-ethyl adjacent to an activating group) is 2. The standard InChI is InChI=1S/2C6H12N2O.5C6H11NO.C5H9NO.CH4/c2*1-7-2-4-8(6-9)5-3-7;5*8-6-7-4-2-1-3-5-7;7-5-6-3-1-2-4-6;/h2*6H,2-5H2,1H3;5*6H,1-5H2;5H,1-4H2;1H4. The van der Waals surface area contributed by atoms with Crippen LogP contribution in [0.4, 0.5) is 0 Å². The van der Waals surface area contributed by atoms with E-state index in [-0.39, 0.29) is 7.43 Å². The molecule has 8 aliphatic heterocycles. The molecular weight excluding hydrogens is 845 g/mol. The van der Waals surface area contributed by atoms with Crippen LogP contribution >= 0.6 is 0 Å². The van der Waals surface area contributed by atoms with Gasteiger partial charge in [0.15, 0.2) is 0 Å². The highest BCUT2D eigenvalue weighted by Gasteiger charge is 2.12. The van der Waals surface area contributed by atoms with Crippen molar-refractivity contribution in [1.29, 1.82) is 0 Å². The molecule has 0 aromatic rings. The Labute approximate surface area is 399 Å². The zero-order valence-corrected chi connectivity index (χ0v) is 40.5. The topological polar surface area (TPSA) is 169 Å². The van der Waals surface area contributed by atoms with E-state index in [0.717, 1.165) is 182 Å². The van der Waals surface area contributed by atoms with E-state index < -0.39 is 0 Å². The number of carbonyl (C=O) groups excluding carboxylic acids is 8. The van der Waals surface area contributed by atoms with Crippen LogP contribution in [0.2, 0.25) is 0 Å². The van der Waals surface area contributed by atoms with Crippen molar-refractivity contribution in [3.63, 3.8) is 0 Å². The minimum Gasteiger partial charge on any atom is -0.345 e. The third-order valence-electron chi connectivity index (χ3n) is 12.4. The fraction of sp³-hybridized carbons (Fsp3) is 0.833. The van der Waals surface area contributed by atoms with Gasteiger partial charge in [-0.05, 0) is 123 Å². The molecule has 0 atom stereocenters. The molecule has 0 radical (unpaired) electrons. The van der Waals surface area contributed by atoms with Crippen LogP contribution in [0, 0.1) is 0 Å². The number of likely N-dealkylation sites (tertiary alicyclic amines) is 6. The summed E-state index contributed by atoms with van der Waals surface area (Å²) in [6.45, 7) is 19.3. The van der Waals surface area contributed by atoms with Crippen LogP contribution < -0.4 is 0 Å². The number of rotatable bonds is 8. The first kappa shape index (κ1) is 61.7. The van der Waals surface area contributed by atoms with Crippen molar-refractivity contribution in [1.82, 2.24) is 49.0 Å². The molecule has 0 spiro atoms. The fourth-order valence-electron chi connectivity index (χ4n) is 7.82. The number of nitrogens with zero attached hydrogens (tertiary/aromatic N) is 10. The summed E-state index contributed by atoms with van der Waals surface area (Å²) in [4.78, 5) is 99.8. The van der Waals surface area contributed by atoms with Gasteiger partial charge in [0.25, 0.3) is 0 Å². The van der Waals surface area contributed by atoms with Crippen LogP contribution in [0.15, 0.2) is 0 Å². The average molecular weight is 937 g/mol. The Hall–Kier alpha value is -4.32. The van der Waals surface area contributed by atoms with Crippen molar-refractivity contribution in [2.75, 3.05) is 145 Å². The molecule has 0 aromatic carbocycles. The quantitative estimate of drug-likeness (QED) is 0.330. The van der Waals surface area contributed by atoms with E-state index in [9.17, 15) is 38.4 Å². The molecule has 8 heterocycles. The maximum atomic E-state index is 10.2. The average Bonchev–Trinajstić information content (AvgIpc) is 3.94. The van der Waals surface area contributed by atoms with Gasteiger partial charge < -0.3 is 49.0 Å². The van der Waals surface area contributed by atoms with Crippen LogP contribution in [-0.4, -0.2) is 245 Å². The van der Waals surface area contributed by atoms with Crippen molar-refractivity contribution in [3.05, 3.63) is 0 Å². The van der Waals surface area contributed by atoms with Gasteiger partial charge in [0.1, 0.15) is 0 Å². The van der Waals surface area contributed by atoms with Gasteiger partial charge in [-0.25, -0.2) is 0 Å². The summed E-state index contributed by atoms with van der Waals surface area (Å²) < 4.78 is 0. The Bertz CT molecular complexity index is 1040. The van der Waals surface area contributed by atoms with Gasteiger partial charge in [0.2, 0.25) is 51.3 Å². The Kier molecular flexibility index (Phi) is 40.4. The zero-order chi connectivity index (χ0) is 47.6. The highest BCUT2D eigenvalue weighted by Crippen LogP contribution is 2.08. The Balaban J connectivity index is 0.000000731. The third kappa shape index (κ3) is 33.2. The summed E-state index contributed by atoms with van der Waals surface area (Å²) in [5.41, 5.74) is 0. The molecule has 8 rings (SSSR count). The van der Waals surface area contributed by atoms with Gasteiger partial charge in [-0.15, -0.1) is 0 Å². The maximum absolute atomic E-state index is 10.2. The van der Waals surface area contributed by atoms with Gasteiger partial charge in [-0.2, -0.15) is 0 Å². The monoisotopic (exact) mass is 937 g/mol. The highest BCUT2D eigenvalue weighted by molar-refractivity contribution is 5.49. The minimum atomic E-state index is 0. The number of hydrogen-bond donors (Lipinski definition) is 0. The number of hydrogen-bond acceptors (Lipinski definition) is 10. The van der Waals surface area contributed by atoms with Gasteiger partial charge >= 0.3 is 0 Å². The van der Waals surface area contributed by atoms with Crippen molar-refractivity contribution in [2.24, 2.45) is 0 Å². The molecule has 8 aliphatic rings. The normalized spacial score (nSPS) is 20.8. The summed E-state index contributed by atoms with van der Waals surface area (Å²) in [6.07, 6.45) is 28.3. The smallest absolute Gasteiger partial charge is 0.209 e. The van der Waals surface area contributed by atoms with E-state index in [0.29, 0.717) is 0 Å². The summed E-state index contributed by atoms with van der Waals surface area (Å²) >= 11 is 0. The van der Waals surface area contributed by atoms with Crippen LogP contribution in [0.3, 0.4) is 0 Å². The lowest BCUT2D eigenvalue weighted by Gasteiger charge is -2.29. The first-order valence-electron chi connectivity index (χ1n) is 24.7. The van der Waals surface area contributed by atoms with Crippen molar-refractivity contribution >= 4 is 51.3 Å². The SMILES string of the molecule is C.CN1CCN(C=O)CC1.CN1CCN(C=O)CC1.O=CN1CCCC1.O=CN1CCCCC1.O=CN1CCCCC1.O=CN1CCCCC1.O=CN1CCCCC1.O=CN1CCCCC1. The second-order valence-electron chi connectivity index (χ2n) is 17.7. The molecule has 18 nitrogen and oxygen atoms in total. The summed E-state index contributed by atoms with van der Waals surface area (Å²) in [7, 11) is 4.14. The molecule has 0 bridgehead atoms. The molecule has 0 aliphatic carbocycles. The lowest BCUT2D eigenvalue weighted by molar-refractivity contribution is -0.120. The van der Waals surface area contributed by atoms with Crippen molar-refractivity contribution < 1.29 is 38.4 Å². The third-order valence-corrected chi connectivity index (χ3v) is 12.4. The van der Waals surface area contributed by atoms with E-state index in [1.165, 1.54) is 109 Å². The molecule has 66 heavy (non-hydrogen) atoms. The van der Waals surface area contributed by atoms with Gasteiger partial charge in [0, 0.05) is 131 Å². The lowest BCUT2D eigenvalue weighted by atomic mass is 10.1. The fourth-order valence-corrected chi connectivity index (χ4v) is 7.82. The van der Waals surface area contributed by atoms with Crippen LogP contribution in [0.1, 0.15) is 117 Å². The molecule has 8 saturated heterocycles. The van der Waals surface area contributed by atoms with Gasteiger partial charge in [0.05, 0.1) is 0 Å². The second-order valence-corrected chi connectivity index (χ2v) is 17.7. The Morgan fingerprint density at radius 1 is 0.197 bits per heavy atom. The highest BCUT2D eigenvalue weighted by atomic mass is 16.2. The Morgan fingerprint density at radius 2 is 0.318 bits per heavy atom. The first-order valence-corrected chi connectivity index (χ1v) is 24.7. The summed E-state index contributed by atoms with van der Waals surface area (Å²) in [6, 6.07) is 0. The van der Waals surface area contributed by atoms with Gasteiger partial charge in [-0.1, -0.05) is 7.43 Å². The predicted octanol–water partition coefficient (Wildman–Crippen LogP) is 2.80. The van der Waals surface area contributed by atoms with Crippen molar-refractivity contribution in [2.45, 2.75) is 117 Å². The van der Waals surface area contributed by atoms with Crippen molar-refractivity contribution in [3.8, 4) is 0 Å². The predicted molar refractivity (Wildman–Crippen MR) is 261 cm³/mol. The first-order chi connectivity index (χ1) is 31.7. The largest absolute Gasteiger partial charge is 0.345 e. The van der Waals surface area contributed by atoms with E-state index in [1.807, 2.05) is 24.5 Å². The lowest BCUT2D eigenvalue weighted by Crippen LogP contribution is -2.43. The molecule has 0 saturated carbocycles. The van der Waals surface area contributed by atoms with Crippen LogP contribution in [0.5, 0.6) is 0 Å². The van der Waals surface area contributed by atoms with E-state index in [1.54, 1.807) is 14.7 Å². The number of piperidine rings is 5. The Morgan fingerprint density at radius 3 is 0.439 bits per heavy atom. The van der Waals surface area contributed by atoms with E-state index in [2.05, 4.69) is 23.9 Å². The van der Waals surface area contributed by atoms with Crippen LogP contribution in [0.25, 0.3) is 0 Å². The van der Waals surface area contributed by atoms with Gasteiger partial charge in [-0.3, -0.25) is 38.4 Å². The zero-order valence-electron chi connectivity index (χ0n) is 40.5. The number of carbonyl (C=O) groups is 8. The van der Waals surface area contributed by atoms with Crippen LogP contribution in [-0.2, 0) is 38.4 Å². The summed E-state index contributed by atoms with van der Waals surface area (Å²) in [5, 5.41) is 0. The second kappa shape index (κ2) is 43.3. The number of amides is 8. The summed E-state index contributed by atoms with van der Waals surface area (Å²) in [5.74, 6) is 0. The molecule has 8 fully saturated rings. The van der Waals surface area contributed by atoms with E-state index >= 15 is 0 Å². The molecule has 0 N–H and O–H groups in total. The maximum Gasteiger partial charge on any atom is 0.209 e. The number of piperazine rings is 2. The molecule has 8 amide bonds. The molecule has 0 aromatic heterocycles. The molecule has 0 unspecified atom stereocenters. The molecule has 18 heteroatoms.